The summed E-state index contributed by atoms with van der Waals surface area (Å²) in [5, 5.41) is 17.9. The molecule has 2 heterocycles. The minimum Gasteiger partial charge on any atom is -0.480 e. The zero-order chi connectivity index (χ0) is 35.4. The summed E-state index contributed by atoms with van der Waals surface area (Å²) in [6.07, 6.45) is 1.54. The Kier molecular flexibility index (Phi) is 10.7. The van der Waals surface area contributed by atoms with E-state index in [-0.39, 0.29) is 35.2 Å². The molecule has 12 nitrogen and oxygen atoms in total. The van der Waals surface area contributed by atoms with Crippen molar-refractivity contribution in [1.29, 1.82) is 0 Å². The first kappa shape index (κ1) is 35.2. The van der Waals surface area contributed by atoms with Gasteiger partial charge in [0.25, 0.3) is 17.2 Å². The van der Waals surface area contributed by atoms with Crippen LogP contribution < -0.4 is 25.7 Å². The Hall–Kier alpha value is -5.15. The number of carbonyl (C=O) groups excluding carboxylic acids is 1. The number of amides is 1. The summed E-state index contributed by atoms with van der Waals surface area (Å²) < 4.78 is 56.4. The molecule has 258 valence electrons. The molecular formula is C34H36F2N6O6S. The van der Waals surface area contributed by atoms with Crippen molar-refractivity contribution in [3.63, 3.8) is 0 Å². The number of carboxylic acids is 1. The summed E-state index contributed by atoms with van der Waals surface area (Å²) in [5.74, 6) is -4.12. The monoisotopic (exact) mass is 694 g/mol. The van der Waals surface area contributed by atoms with Gasteiger partial charge in [-0.15, -0.1) is 0 Å². The second-order valence-corrected chi connectivity index (χ2v) is 12.6. The van der Waals surface area contributed by atoms with E-state index in [9.17, 15) is 28.3 Å². The Balaban J connectivity index is 1.52. The van der Waals surface area contributed by atoms with E-state index in [0.29, 0.717) is 36.6 Å². The van der Waals surface area contributed by atoms with Crippen molar-refractivity contribution in [3.05, 3.63) is 110 Å². The number of pyridine rings is 1. The Labute approximate surface area is 283 Å². The molecule has 2 atom stereocenters. The van der Waals surface area contributed by atoms with Gasteiger partial charge in [-0.1, -0.05) is 48.0 Å². The second-order valence-electron chi connectivity index (χ2n) is 11.7. The van der Waals surface area contributed by atoms with E-state index in [4.69, 9.17) is 0 Å². The van der Waals surface area contributed by atoms with Gasteiger partial charge in [-0.05, 0) is 49.9 Å². The largest absolute Gasteiger partial charge is 0.480 e. The van der Waals surface area contributed by atoms with Crippen LogP contribution in [-0.2, 0) is 35.6 Å². The third kappa shape index (κ3) is 7.62. The van der Waals surface area contributed by atoms with E-state index >= 15 is 8.78 Å². The lowest BCUT2D eigenvalue weighted by atomic mass is 10.0. The van der Waals surface area contributed by atoms with E-state index < -0.39 is 58.4 Å². The van der Waals surface area contributed by atoms with Crippen LogP contribution in [0.5, 0.6) is 0 Å². The molecule has 5 rings (SSSR count). The molecule has 49 heavy (non-hydrogen) atoms. The summed E-state index contributed by atoms with van der Waals surface area (Å²) in [7, 11) is 0. The van der Waals surface area contributed by atoms with Gasteiger partial charge in [0.15, 0.2) is 17.8 Å². The van der Waals surface area contributed by atoms with E-state index in [2.05, 4.69) is 20.9 Å². The predicted molar refractivity (Wildman–Crippen MR) is 183 cm³/mol. The number of aryl methyl sites for hydroxylation is 5. The smallest absolute Gasteiger partial charge is 0.329 e. The molecule has 0 bridgehead atoms. The number of benzene rings is 3. The number of aromatic nitrogens is 1. The number of hydrogen-bond donors (Lipinski definition) is 5. The minimum absolute atomic E-state index is 0.103. The number of aliphatic imine (C=N–C) groups is 1. The van der Waals surface area contributed by atoms with Gasteiger partial charge in [-0.3, -0.25) is 23.4 Å². The summed E-state index contributed by atoms with van der Waals surface area (Å²) >= 11 is -2.81. The highest BCUT2D eigenvalue weighted by Gasteiger charge is 2.33. The van der Waals surface area contributed by atoms with Crippen LogP contribution in [0.2, 0.25) is 0 Å². The lowest BCUT2D eigenvalue weighted by Gasteiger charge is -2.30. The van der Waals surface area contributed by atoms with Gasteiger partial charge in [0.2, 0.25) is 5.43 Å². The van der Waals surface area contributed by atoms with Gasteiger partial charge in [-0.2, -0.15) is 0 Å². The number of rotatable bonds is 12. The molecule has 0 spiro atoms. The predicted octanol–water partition coefficient (Wildman–Crippen LogP) is 3.32. The highest BCUT2D eigenvalue weighted by molar-refractivity contribution is 7.80. The average Bonchev–Trinajstić information content (AvgIpc) is 3.57. The molecule has 3 aromatic carbocycles. The normalized spacial score (nSPS) is 13.8. The van der Waals surface area contributed by atoms with E-state index in [1.165, 1.54) is 4.57 Å². The summed E-state index contributed by atoms with van der Waals surface area (Å²) in [5.41, 5.74) is 1.05. The summed E-state index contributed by atoms with van der Waals surface area (Å²) in [6.45, 7) is 5.43. The Morgan fingerprint density at radius 2 is 1.82 bits per heavy atom. The zero-order valence-electron chi connectivity index (χ0n) is 27.0. The molecule has 2 unspecified atom stereocenters. The van der Waals surface area contributed by atoms with Crippen LogP contribution in [0.4, 0.5) is 14.5 Å². The SMILES string of the molecule is Cc1cc(C)c(N(C(CNC(=O)c2cn(CCc3ccccc3)c3c(F)c(CNC4=NCCN4)c(F)cc3c2=O)C(=O)O)S(=O)O)c(C)c1. The molecule has 0 fully saturated rings. The number of hydrogen-bond acceptors (Lipinski definition) is 7. The maximum atomic E-state index is 16.1. The third-order valence-corrected chi connectivity index (χ3v) is 9.01. The fraction of sp³-hybridized carbons (Fsp3) is 0.294. The summed E-state index contributed by atoms with van der Waals surface area (Å²) in [4.78, 5) is 43.8. The first-order valence-electron chi connectivity index (χ1n) is 15.5. The van der Waals surface area contributed by atoms with Crippen molar-refractivity contribution in [2.24, 2.45) is 4.99 Å². The minimum atomic E-state index is -2.81. The van der Waals surface area contributed by atoms with E-state index in [0.717, 1.165) is 27.7 Å². The highest BCUT2D eigenvalue weighted by atomic mass is 32.2. The maximum absolute atomic E-state index is 16.1. The van der Waals surface area contributed by atoms with Gasteiger partial charge in [0.05, 0.1) is 29.7 Å². The molecule has 1 aliphatic heterocycles. The number of nitrogens with zero attached hydrogens (tertiary/aromatic N) is 3. The van der Waals surface area contributed by atoms with Crippen LogP contribution in [0.3, 0.4) is 0 Å². The van der Waals surface area contributed by atoms with Gasteiger partial charge in [0.1, 0.15) is 11.4 Å². The Morgan fingerprint density at radius 3 is 2.43 bits per heavy atom. The van der Waals surface area contributed by atoms with Gasteiger partial charge in [-0.25, -0.2) is 17.8 Å². The average molecular weight is 695 g/mol. The van der Waals surface area contributed by atoms with Crippen molar-refractivity contribution in [1.82, 2.24) is 20.5 Å². The van der Waals surface area contributed by atoms with Crippen molar-refractivity contribution in [2.45, 2.75) is 46.3 Å². The van der Waals surface area contributed by atoms with Crippen LogP contribution >= 0.6 is 0 Å². The van der Waals surface area contributed by atoms with Crippen LogP contribution in [-0.4, -0.2) is 61.9 Å². The Bertz CT molecular complexity index is 2010. The lowest BCUT2D eigenvalue weighted by Crippen LogP contribution is -2.50. The first-order valence-corrected chi connectivity index (χ1v) is 16.5. The molecule has 0 aliphatic carbocycles. The number of nitrogens with one attached hydrogen (secondary N) is 3. The van der Waals surface area contributed by atoms with Gasteiger partial charge < -0.3 is 25.6 Å². The molecule has 4 aromatic rings. The molecule has 1 aliphatic rings. The Morgan fingerprint density at radius 1 is 1.12 bits per heavy atom. The number of halogens is 2. The molecule has 1 aromatic heterocycles. The molecular weight excluding hydrogens is 658 g/mol. The maximum Gasteiger partial charge on any atom is 0.329 e. The van der Waals surface area contributed by atoms with Crippen molar-refractivity contribution in [3.8, 4) is 0 Å². The number of anilines is 1. The number of fused-ring (bicyclic) bond motifs is 1. The molecule has 0 saturated heterocycles. The lowest BCUT2D eigenvalue weighted by molar-refractivity contribution is -0.138. The second kappa shape index (κ2) is 15.0. The molecule has 15 heteroatoms. The van der Waals surface area contributed by atoms with E-state index in [1.807, 2.05) is 37.3 Å². The fourth-order valence-electron chi connectivity index (χ4n) is 6.03. The number of carboxylic acid groups (broad SMARTS) is 1. The number of guanidine groups is 1. The van der Waals surface area contributed by atoms with Gasteiger partial charge in [0, 0.05) is 31.4 Å². The third-order valence-electron chi connectivity index (χ3n) is 8.23. The topological polar surface area (TPSA) is 165 Å². The van der Waals surface area contributed by atoms with Crippen LogP contribution in [0.15, 0.2) is 64.5 Å². The van der Waals surface area contributed by atoms with Crippen molar-refractivity contribution >= 4 is 45.7 Å². The van der Waals surface area contributed by atoms with Gasteiger partial charge >= 0.3 is 5.97 Å². The molecule has 0 radical (unpaired) electrons. The molecule has 1 amide bonds. The van der Waals surface area contributed by atoms with E-state index in [1.54, 1.807) is 26.0 Å². The number of aliphatic carboxylic acids is 1. The van der Waals surface area contributed by atoms with Crippen LogP contribution in [0, 0.1) is 32.4 Å². The van der Waals surface area contributed by atoms with Crippen LogP contribution in [0.25, 0.3) is 10.9 Å². The quantitative estimate of drug-likeness (QED) is 0.141. The first-order chi connectivity index (χ1) is 23.4. The van der Waals surface area contributed by atoms with Crippen molar-refractivity contribution < 1.29 is 32.2 Å². The van der Waals surface area contributed by atoms with Crippen LogP contribution in [0.1, 0.15) is 38.2 Å². The molecule has 0 saturated carbocycles. The molecule has 5 N–H and O–H groups in total. The fourth-order valence-corrected chi connectivity index (χ4v) is 6.85. The highest BCUT2D eigenvalue weighted by Crippen LogP contribution is 2.29. The number of carbonyl (C=O) groups is 2. The standard InChI is InChI=1S/C34H36F2N6O6S/c1-19-13-20(2)29(21(3)14-19)42(49(47)48)27(33(45)46)17-39-32(44)25-18-41(12-9-22-7-5-4-6-8-22)30-23(31(25)43)15-26(35)24(28(30)36)16-40-34-37-10-11-38-34/h4-8,13-15,18,27H,9-12,16-17H2,1-3H3,(H,39,44)(H,45,46)(H,47,48)(H2,37,38,40). The zero-order valence-corrected chi connectivity index (χ0v) is 27.9. The van der Waals surface area contributed by atoms with Crippen molar-refractivity contribution in [2.75, 3.05) is 23.9 Å². The summed E-state index contributed by atoms with van der Waals surface area (Å²) in [6, 6.07) is 11.8.